The Bertz CT molecular complexity index is 1360. The molecule has 3 atom stereocenters. The number of hydrogen-bond acceptors (Lipinski definition) is 11. The number of fused-ring (bicyclic) bond motifs is 1. The van der Waals surface area contributed by atoms with Crippen molar-refractivity contribution in [2.24, 2.45) is 17.8 Å². The van der Waals surface area contributed by atoms with E-state index in [0.29, 0.717) is 31.5 Å². The second kappa shape index (κ2) is 20.3. The van der Waals surface area contributed by atoms with Crippen LogP contribution in [0.15, 0.2) is 30.3 Å². The molecule has 2 aromatic rings. The number of phenolic OH excluding ortho intramolecular Hbond substituents is 1. The van der Waals surface area contributed by atoms with Gasteiger partial charge in [-0.25, -0.2) is 0 Å². The SMILES string of the molecule is CNC.COc1ccc(-c2ccc(O)c3c2CC(CC(CCO)C(CO)C(=O)CC(C)=O)CC3=O)cc1CN1CCN(CCO)CC1.O.[HH].[HH]. The number of carbonyl (C=O) groups excluding carboxylic acids is 3. The fourth-order valence-electron chi connectivity index (χ4n) is 6.91. The second-order valence-corrected chi connectivity index (χ2v) is 12.7. The Hall–Kier alpha value is -3.23. The molecule has 3 unspecified atom stereocenters. The Kier molecular flexibility index (Phi) is 17.3. The lowest BCUT2D eigenvalue weighted by molar-refractivity contribution is -0.131. The van der Waals surface area contributed by atoms with Crippen LogP contribution in [0.5, 0.6) is 11.5 Å². The molecule has 0 bridgehead atoms. The molecule has 0 amide bonds. The van der Waals surface area contributed by atoms with Gasteiger partial charge in [0.1, 0.15) is 23.1 Å². The molecule has 0 aromatic heterocycles. The van der Waals surface area contributed by atoms with Gasteiger partial charge in [-0.3, -0.25) is 24.2 Å². The Morgan fingerprint density at radius 1 is 1.02 bits per heavy atom. The summed E-state index contributed by atoms with van der Waals surface area (Å²) in [6.07, 6.45) is 1.10. The molecule has 2 aromatic carbocycles. The number of benzene rings is 2. The standard InChI is InChI=1S/C34H46N2O8.C2H7N.H2O.2H2/c1-22(40)15-31(42)29(21-39)25(7-13-37)16-23-17-28-27(4-5-30(41)34(28)32(43)18-23)24-3-6-33(44-2)26(19-24)20-36-10-8-35(9-11-36)12-14-38;1-3-2;;;/h3-6,19,23,25,29,37-39,41H,7-18,20-21H2,1-2H3;3H,1-2H3;1H2;2*1H. The summed E-state index contributed by atoms with van der Waals surface area (Å²) in [5.74, 6) is -1.43. The van der Waals surface area contributed by atoms with Gasteiger partial charge in [-0.1, -0.05) is 12.1 Å². The number of aliphatic hydroxyl groups excluding tert-OH is 3. The van der Waals surface area contributed by atoms with E-state index in [0.717, 1.165) is 54.2 Å². The van der Waals surface area contributed by atoms with Crippen LogP contribution in [0.4, 0.5) is 0 Å². The Balaban J connectivity index is 0.00000386. The van der Waals surface area contributed by atoms with Crippen molar-refractivity contribution in [1.82, 2.24) is 15.1 Å². The first-order chi connectivity index (χ1) is 22.6. The maximum Gasteiger partial charge on any atom is 0.167 e. The normalized spacial score (nSPS) is 17.7. The maximum absolute atomic E-state index is 13.4. The summed E-state index contributed by atoms with van der Waals surface area (Å²) < 4.78 is 5.69. The van der Waals surface area contributed by atoms with E-state index in [1.54, 1.807) is 13.2 Å². The maximum atomic E-state index is 13.4. The van der Waals surface area contributed by atoms with E-state index in [1.165, 1.54) is 6.92 Å². The monoisotopic (exact) mass is 677 g/mol. The number of ether oxygens (including phenoxy) is 1. The van der Waals surface area contributed by atoms with E-state index >= 15 is 0 Å². The number of piperazine rings is 1. The van der Waals surface area contributed by atoms with E-state index in [9.17, 15) is 34.8 Å². The molecule has 1 heterocycles. The Morgan fingerprint density at radius 2 is 1.69 bits per heavy atom. The lowest BCUT2D eigenvalue weighted by Crippen LogP contribution is -2.46. The molecule has 4 rings (SSSR count). The summed E-state index contributed by atoms with van der Waals surface area (Å²) in [5.41, 5.74) is 3.83. The lowest BCUT2D eigenvalue weighted by Gasteiger charge is -2.34. The summed E-state index contributed by atoms with van der Waals surface area (Å²) in [5, 5.41) is 42.6. The molecular weight excluding hydrogens is 618 g/mol. The number of methoxy groups -OCH3 is 1. The summed E-state index contributed by atoms with van der Waals surface area (Å²) in [6, 6.07) is 9.36. The van der Waals surface area contributed by atoms with Crippen molar-refractivity contribution >= 4 is 17.3 Å². The number of rotatable bonds is 15. The predicted molar refractivity (Wildman–Crippen MR) is 189 cm³/mol. The molecular formula is C36H59N3O9. The smallest absolute Gasteiger partial charge is 0.167 e. The van der Waals surface area contributed by atoms with Gasteiger partial charge in [-0.05, 0) is 87.0 Å². The minimum Gasteiger partial charge on any atom is -0.507 e. The van der Waals surface area contributed by atoms with Crippen LogP contribution in [0.25, 0.3) is 11.1 Å². The molecule has 1 saturated heterocycles. The molecule has 1 aliphatic heterocycles. The first-order valence-electron chi connectivity index (χ1n) is 16.5. The second-order valence-electron chi connectivity index (χ2n) is 12.7. The van der Waals surface area contributed by atoms with Crippen molar-refractivity contribution in [1.29, 1.82) is 0 Å². The number of nitrogens with one attached hydrogen (secondary N) is 1. The van der Waals surface area contributed by atoms with Crippen molar-refractivity contribution < 1.29 is 47.9 Å². The summed E-state index contributed by atoms with van der Waals surface area (Å²) in [4.78, 5) is 42.4. The van der Waals surface area contributed by atoms with E-state index in [-0.39, 0.29) is 75.7 Å². The first-order valence-corrected chi connectivity index (χ1v) is 16.5. The number of aromatic hydroxyl groups is 1. The summed E-state index contributed by atoms with van der Waals surface area (Å²) >= 11 is 0. The van der Waals surface area contributed by atoms with E-state index in [1.807, 2.05) is 32.3 Å². The van der Waals surface area contributed by atoms with Crippen LogP contribution in [0.3, 0.4) is 0 Å². The van der Waals surface area contributed by atoms with Gasteiger partial charge in [-0.15, -0.1) is 0 Å². The summed E-state index contributed by atoms with van der Waals surface area (Å²) in [7, 11) is 5.40. The van der Waals surface area contributed by atoms with Crippen molar-refractivity contribution in [2.45, 2.75) is 45.6 Å². The highest BCUT2D eigenvalue weighted by Crippen LogP contribution is 2.42. The van der Waals surface area contributed by atoms with Gasteiger partial charge in [0.2, 0.25) is 0 Å². The average molecular weight is 678 g/mol. The van der Waals surface area contributed by atoms with Crippen molar-refractivity contribution in [2.75, 3.05) is 73.7 Å². The van der Waals surface area contributed by atoms with Crippen LogP contribution in [0, 0.1) is 17.8 Å². The van der Waals surface area contributed by atoms with Gasteiger partial charge in [0.15, 0.2) is 5.78 Å². The third-order valence-electron chi connectivity index (χ3n) is 9.14. The number of β-amino-alcohol motifs (C(OH)–C–C–N with tert-alkyl or cyclic N) is 1. The van der Waals surface area contributed by atoms with Crippen LogP contribution in [-0.2, 0) is 22.6 Å². The first kappa shape index (κ1) is 40.9. The van der Waals surface area contributed by atoms with E-state index < -0.39 is 12.5 Å². The number of hydrogen-bond donors (Lipinski definition) is 5. The van der Waals surface area contributed by atoms with Gasteiger partial charge in [0.25, 0.3) is 0 Å². The summed E-state index contributed by atoms with van der Waals surface area (Å²) in [6.45, 7) is 5.75. The van der Waals surface area contributed by atoms with Crippen molar-refractivity contribution in [3.63, 3.8) is 0 Å². The Morgan fingerprint density at radius 3 is 2.27 bits per heavy atom. The zero-order valence-corrected chi connectivity index (χ0v) is 28.8. The molecule has 2 aliphatic rings. The third-order valence-corrected chi connectivity index (χ3v) is 9.14. The molecule has 0 radical (unpaired) electrons. The number of phenols is 1. The van der Waals surface area contributed by atoms with Gasteiger partial charge in [0.05, 0.1) is 32.3 Å². The zero-order valence-electron chi connectivity index (χ0n) is 28.8. The van der Waals surface area contributed by atoms with E-state index in [2.05, 4.69) is 21.2 Å². The minimum atomic E-state index is -0.791. The number of carbonyl (C=O) groups is 3. The predicted octanol–water partition coefficient (Wildman–Crippen LogP) is 1.97. The number of aliphatic hydroxyl groups is 3. The molecule has 1 aliphatic carbocycles. The number of nitrogens with zero attached hydrogens (tertiary/aromatic N) is 2. The van der Waals surface area contributed by atoms with Crippen molar-refractivity contribution in [3.05, 3.63) is 47.0 Å². The average Bonchev–Trinajstić information content (AvgIpc) is 3.02. The highest BCUT2D eigenvalue weighted by molar-refractivity contribution is 6.03. The molecule has 272 valence electrons. The van der Waals surface area contributed by atoms with E-state index in [4.69, 9.17) is 4.74 Å². The molecule has 12 heteroatoms. The largest absolute Gasteiger partial charge is 0.507 e. The molecule has 0 spiro atoms. The fourth-order valence-corrected chi connectivity index (χ4v) is 6.91. The van der Waals surface area contributed by atoms with Gasteiger partial charge < -0.3 is 36.0 Å². The van der Waals surface area contributed by atoms with Crippen LogP contribution in [0.2, 0.25) is 0 Å². The van der Waals surface area contributed by atoms with Gasteiger partial charge in [-0.2, -0.15) is 0 Å². The van der Waals surface area contributed by atoms with Crippen LogP contribution < -0.4 is 10.1 Å². The quantitative estimate of drug-likeness (QED) is 0.173. The molecule has 7 N–H and O–H groups in total. The van der Waals surface area contributed by atoms with Crippen LogP contribution in [0.1, 0.15) is 56.9 Å². The highest BCUT2D eigenvalue weighted by Gasteiger charge is 2.35. The number of ketones is 3. The Labute approximate surface area is 287 Å². The fraction of sp³-hybridized carbons (Fsp3) is 0.583. The number of Topliss-reactive ketones (excluding diaryl/α,β-unsaturated/α-hetero) is 3. The van der Waals surface area contributed by atoms with Crippen LogP contribution in [-0.4, -0.2) is 127 Å². The topological polar surface area (TPSA) is 191 Å². The zero-order chi connectivity index (χ0) is 34.5. The van der Waals surface area contributed by atoms with Crippen molar-refractivity contribution in [3.8, 4) is 22.6 Å². The third kappa shape index (κ3) is 10.9. The van der Waals surface area contributed by atoms with Gasteiger partial charge in [0, 0.05) is 66.6 Å². The molecule has 1 fully saturated rings. The van der Waals surface area contributed by atoms with Gasteiger partial charge >= 0.3 is 0 Å². The molecule has 0 saturated carbocycles. The minimum absolute atomic E-state index is 0. The lowest BCUT2D eigenvalue weighted by atomic mass is 9.72. The molecule has 48 heavy (non-hydrogen) atoms. The van der Waals surface area contributed by atoms with Crippen LogP contribution >= 0.6 is 0 Å². The highest BCUT2D eigenvalue weighted by atomic mass is 16.5. The molecule has 12 nitrogen and oxygen atoms in total.